The zero-order chi connectivity index (χ0) is 20.6. The van der Waals surface area contributed by atoms with Gasteiger partial charge >= 0.3 is 0 Å². The van der Waals surface area contributed by atoms with E-state index < -0.39 is 0 Å². The Morgan fingerprint density at radius 3 is 2.80 bits per heavy atom. The second-order valence-electron chi connectivity index (χ2n) is 6.87. The number of imidazole rings is 1. The van der Waals surface area contributed by atoms with E-state index in [-0.39, 0.29) is 29.8 Å². The van der Waals surface area contributed by atoms with Crippen LogP contribution in [0.2, 0.25) is 0 Å². The van der Waals surface area contributed by atoms with Crippen LogP contribution in [0, 0.1) is 12.7 Å². The summed E-state index contributed by atoms with van der Waals surface area (Å²) in [6.45, 7) is 6.13. The second-order valence-corrected chi connectivity index (χ2v) is 7.74. The van der Waals surface area contributed by atoms with Crippen molar-refractivity contribution in [2.45, 2.75) is 32.6 Å². The molecule has 0 saturated carbocycles. The minimum Gasteiger partial charge on any atom is -0.357 e. The Bertz CT molecular complexity index is 989. The molecule has 2 heterocycles. The summed E-state index contributed by atoms with van der Waals surface area (Å²) in [6, 6.07) is 9.03. The van der Waals surface area contributed by atoms with Gasteiger partial charge in [0.05, 0.1) is 12.2 Å². The van der Waals surface area contributed by atoms with Crippen molar-refractivity contribution in [2.24, 2.45) is 4.99 Å². The van der Waals surface area contributed by atoms with Gasteiger partial charge in [-0.15, -0.1) is 24.0 Å². The molecule has 5 nitrogen and oxygen atoms in total. The first-order valence-electron chi connectivity index (χ1n) is 9.82. The van der Waals surface area contributed by atoms with Crippen LogP contribution < -0.4 is 10.6 Å². The van der Waals surface area contributed by atoms with Crippen LogP contribution in [-0.4, -0.2) is 34.7 Å². The number of aryl methyl sites for hydroxylation is 1. The molecule has 0 aliphatic rings. The number of hydrogen-bond donors (Lipinski definition) is 2. The Labute approximate surface area is 199 Å². The lowest BCUT2D eigenvalue weighted by molar-refractivity contribution is 0.625. The van der Waals surface area contributed by atoms with Gasteiger partial charge in [-0.2, -0.15) is 11.8 Å². The molecule has 0 saturated heterocycles. The lowest BCUT2D eigenvalue weighted by atomic mass is 10.1. The van der Waals surface area contributed by atoms with E-state index in [1.807, 2.05) is 31.5 Å². The molecule has 0 atom stereocenters. The van der Waals surface area contributed by atoms with Crippen LogP contribution in [0.15, 0.2) is 47.7 Å². The summed E-state index contributed by atoms with van der Waals surface area (Å²) < 4.78 is 15.6. The zero-order valence-electron chi connectivity index (χ0n) is 17.6. The summed E-state index contributed by atoms with van der Waals surface area (Å²) in [7, 11) is 0. The highest BCUT2D eigenvalue weighted by atomic mass is 127. The largest absolute Gasteiger partial charge is 0.357 e. The number of aromatic nitrogens is 2. The number of rotatable bonds is 8. The number of pyridine rings is 1. The van der Waals surface area contributed by atoms with Crippen LogP contribution in [-0.2, 0) is 18.7 Å². The Morgan fingerprint density at radius 2 is 2.07 bits per heavy atom. The molecule has 0 aliphatic carbocycles. The molecule has 1 aromatic carbocycles. The van der Waals surface area contributed by atoms with Crippen LogP contribution in [0.25, 0.3) is 5.65 Å². The number of halogens is 2. The molecule has 3 rings (SSSR count). The van der Waals surface area contributed by atoms with Crippen LogP contribution >= 0.6 is 35.7 Å². The third-order valence-corrected chi connectivity index (χ3v) is 5.22. The summed E-state index contributed by atoms with van der Waals surface area (Å²) in [4.78, 5) is 9.40. The standard InChI is InChI=1S/C22H28FN5S.HI/c1-4-24-22(26-13-17-7-8-19(23)12-18(17)15-29-3)25-10-9-20-14-28-11-5-6-16(2)21(28)27-20;/h5-8,11-12,14H,4,9-10,13,15H2,1-3H3,(H2,24,25,26);1H. The highest BCUT2D eigenvalue weighted by Gasteiger charge is 2.06. The average Bonchev–Trinajstić information content (AvgIpc) is 3.12. The second kappa shape index (κ2) is 12.1. The highest BCUT2D eigenvalue weighted by molar-refractivity contribution is 14.0. The molecule has 8 heteroatoms. The first-order chi connectivity index (χ1) is 14.1. The topological polar surface area (TPSA) is 53.7 Å². The maximum Gasteiger partial charge on any atom is 0.191 e. The number of thioether (sulfide) groups is 1. The molecule has 0 amide bonds. The number of benzene rings is 1. The predicted molar refractivity (Wildman–Crippen MR) is 135 cm³/mol. The lowest BCUT2D eigenvalue weighted by Crippen LogP contribution is -2.38. The lowest BCUT2D eigenvalue weighted by Gasteiger charge is -2.12. The molecule has 0 spiro atoms. The first-order valence-corrected chi connectivity index (χ1v) is 11.2. The molecule has 0 bridgehead atoms. The maximum absolute atomic E-state index is 13.5. The minimum atomic E-state index is -0.200. The molecule has 0 unspecified atom stereocenters. The molecule has 0 radical (unpaired) electrons. The molecular formula is C22H29FIN5S. The van der Waals surface area contributed by atoms with Crippen molar-refractivity contribution in [1.29, 1.82) is 0 Å². The number of nitrogens with zero attached hydrogens (tertiary/aromatic N) is 3. The minimum absolute atomic E-state index is 0. The Morgan fingerprint density at radius 1 is 1.23 bits per heavy atom. The van der Waals surface area contributed by atoms with Crippen molar-refractivity contribution in [2.75, 3.05) is 19.3 Å². The summed E-state index contributed by atoms with van der Waals surface area (Å²) in [5, 5.41) is 6.64. The van der Waals surface area contributed by atoms with E-state index in [1.54, 1.807) is 17.8 Å². The molecule has 0 fully saturated rings. The maximum atomic E-state index is 13.5. The van der Waals surface area contributed by atoms with Gasteiger partial charge < -0.3 is 15.0 Å². The fourth-order valence-electron chi connectivity index (χ4n) is 3.18. The number of guanidine groups is 1. The molecule has 3 aromatic rings. The van der Waals surface area contributed by atoms with Crippen molar-refractivity contribution < 1.29 is 4.39 Å². The van der Waals surface area contributed by atoms with E-state index in [2.05, 4.69) is 39.2 Å². The van der Waals surface area contributed by atoms with Crippen molar-refractivity contribution in [3.8, 4) is 0 Å². The van der Waals surface area contributed by atoms with Crippen molar-refractivity contribution >= 4 is 47.3 Å². The quantitative estimate of drug-likeness (QED) is 0.250. The average molecular weight is 541 g/mol. The van der Waals surface area contributed by atoms with Gasteiger partial charge in [-0.25, -0.2) is 14.4 Å². The highest BCUT2D eigenvalue weighted by Crippen LogP contribution is 2.17. The van der Waals surface area contributed by atoms with E-state index in [0.717, 1.165) is 53.7 Å². The summed E-state index contributed by atoms with van der Waals surface area (Å²) in [5.74, 6) is 1.33. The predicted octanol–water partition coefficient (Wildman–Crippen LogP) is 4.56. The zero-order valence-corrected chi connectivity index (χ0v) is 20.8. The molecule has 2 aromatic heterocycles. The first kappa shape index (κ1) is 24.5. The molecule has 162 valence electrons. The van der Waals surface area contributed by atoms with Gasteiger partial charge in [0.15, 0.2) is 5.96 Å². The van der Waals surface area contributed by atoms with Crippen molar-refractivity contribution in [3.63, 3.8) is 0 Å². The molecule has 0 aliphatic heterocycles. The number of hydrogen-bond acceptors (Lipinski definition) is 3. The third kappa shape index (κ3) is 6.60. The number of aliphatic imine (C=N–C) groups is 1. The van der Waals surface area contributed by atoms with Gasteiger partial charge in [0.1, 0.15) is 11.5 Å². The Kier molecular flexibility index (Phi) is 9.90. The van der Waals surface area contributed by atoms with E-state index in [0.29, 0.717) is 6.54 Å². The normalized spacial score (nSPS) is 11.4. The van der Waals surface area contributed by atoms with Gasteiger partial charge in [-0.1, -0.05) is 12.1 Å². The Hall–Kier alpha value is -1.81. The molecular weight excluding hydrogens is 512 g/mol. The molecule has 2 N–H and O–H groups in total. The smallest absolute Gasteiger partial charge is 0.191 e. The van der Waals surface area contributed by atoms with E-state index in [9.17, 15) is 4.39 Å². The van der Waals surface area contributed by atoms with Crippen molar-refractivity contribution in [1.82, 2.24) is 20.0 Å². The van der Waals surface area contributed by atoms with E-state index >= 15 is 0 Å². The van der Waals surface area contributed by atoms with E-state index in [1.165, 1.54) is 11.6 Å². The SMILES string of the molecule is CCNC(=NCc1ccc(F)cc1CSC)NCCc1cn2cccc(C)c2n1.I. The number of nitrogens with one attached hydrogen (secondary N) is 2. The van der Waals surface area contributed by atoms with Gasteiger partial charge in [0.25, 0.3) is 0 Å². The van der Waals surface area contributed by atoms with Crippen molar-refractivity contribution in [3.05, 3.63) is 70.9 Å². The third-order valence-electron chi connectivity index (χ3n) is 4.62. The van der Waals surface area contributed by atoms with Crippen LogP contribution in [0.1, 0.15) is 29.3 Å². The van der Waals surface area contributed by atoms with Crippen LogP contribution in [0.5, 0.6) is 0 Å². The van der Waals surface area contributed by atoms with Gasteiger partial charge in [0.2, 0.25) is 0 Å². The summed E-state index contributed by atoms with van der Waals surface area (Å²) in [5.41, 5.74) is 5.26. The number of fused-ring (bicyclic) bond motifs is 1. The Balaban J connectivity index is 0.00000320. The van der Waals surface area contributed by atoms with Gasteiger partial charge in [-0.05, 0) is 55.0 Å². The molecule has 30 heavy (non-hydrogen) atoms. The monoisotopic (exact) mass is 541 g/mol. The van der Waals surface area contributed by atoms with Gasteiger partial charge in [-0.3, -0.25) is 0 Å². The van der Waals surface area contributed by atoms with Gasteiger partial charge in [0, 0.05) is 37.7 Å². The van der Waals surface area contributed by atoms with Crippen LogP contribution in [0.3, 0.4) is 0 Å². The fourth-order valence-corrected chi connectivity index (χ4v) is 3.76. The van der Waals surface area contributed by atoms with Crippen LogP contribution in [0.4, 0.5) is 4.39 Å². The summed E-state index contributed by atoms with van der Waals surface area (Å²) in [6.07, 6.45) is 6.91. The van der Waals surface area contributed by atoms with E-state index in [4.69, 9.17) is 4.98 Å². The fraction of sp³-hybridized carbons (Fsp3) is 0.364. The summed E-state index contributed by atoms with van der Waals surface area (Å²) >= 11 is 1.68.